The number of rotatable bonds is 5. The average Bonchev–Trinajstić information content (AvgIpc) is 2.84. The van der Waals surface area contributed by atoms with Crippen LogP contribution in [0.3, 0.4) is 0 Å². The third kappa shape index (κ3) is 3.12. The highest BCUT2D eigenvalue weighted by Crippen LogP contribution is 2.16. The predicted octanol–water partition coefficient (Wildman–Crippen LogP) is 0.705. The molecule has 0 saturated carbocycles. The number of nitrogens with zero attached hydrogens (tertiary/aromatic N) is 5. The molecule has 0 amide bonds. The lowest BCUT2D eigenvalue weighted by Gasteiger charge is -2.16. The summed E-state index contributed by atoms with van der Waals surface area (Å²) in [4.78, 5) is 12.8. The summed E-state index contributed by atoms with van der Waals surface area (Å²) >= 11 is 0. The molecule has 7 heteroatoms. The lowest BCUT2D eigenvalue weighted by Crippen LogP contribution is -2.31. The number of nitrogens with two attached hydrogens (primary N) is 1. The third-order valence-electron chi connectivity index (χ3n) is 2.88. The highest BCUT2D eigenvalue weighted by molar-refractivity contribution is 5.09. The average molecular weight is 261 g/mol. The van der Waals surface area contributed by atoms with Gasteiger partial charge in [-0.3, -0.25) is 11.3 Å². The van der Waals surface area contributed by atoms with E-state index in [9.17, 15) is 0 Å². The Morgan fingerprint density at radius 3 is 2.79 bits per heavy atom. The first-order chi connectivity index (χ1) is 9.11. The first-order valence-corrected chi connectivity index (χ1v) is 6.26. The van der Waals surface area contributed by atoms with Gasteiger partial charge < -0.3 is 0 Å². The van der Waals surface area contributed by atoms with Crippen molar-refractivity contribution in [3.05, 3.63) is 35.9 Å². The van der Waals surface area contributed by atoms with Gasteiger partial charge in [0.05, 0.1) is 11.7 Å². The van der Waals surface area contributed by atoms with Gasteiger partial charge in [0.25, 0.3) is 0 Å². The second-order valence-electron chi connectivity index (χ2n) is 4.67. The van der Waals surface area contributed by atoms with Crippen LogP contribution < -0.4 is 11.3 Å². The molecule has 0 bridgehead atoms. The van der Waals surface area contributed by atoms with Crippen molar-refractivity contribution in [2.75, 3.05) is 0 Å². The zero-order valence-corrected chi connectivity index (χ0v) is 11.4. The molecule has 0 aromatic carbocycles. The van der Waals surface area contributed by atoms with Gasteiger partial charge in [-0.05, 0) is 26.8 Å². The molecule has 0 aliphatic rings. The van der Waals surface area contributed by atoms with E-state index in [1.807, 2.05) is 17.7 Å². The molecule has 102 valence electrons. The van der Waals surface area contributed by atoms with E-state index in [-0.39, 0.29) is 12.1 Å². The van der Waals surface area contributed by atoms with Gasteiger partial charge in [-0.15, -0.1) is 0 Å². The third-order valence-corrected chi connectivity index (χ3v) is 2.88. The van der Waals surface area contributed by atoms with Crippen LogP contribution in [0.5, 0.6) is 0 Å². The van der Waals surface area contributed by atoms with E-state index in [0.717, 1.165) is 17.3 Å². The molecule has 0 fully saturated rings. The summed E-state index contributed by atoms with van der Waals surface area (Å²) in [5.74, 6) is 7.24. The van der Waals surface area contributed by atoms with Crippen LogP contribution in [0.15, 0.2) is 18.6 Å². The molecule has 7 nitrogen and oxygen atoms in total. The molecule has 2 aromatic rings. The molecule has 19 heavy (non-hydrogen) atoms. The Bertz CT molecular complexity index is 534. The second kappa shape index (κ2) is 5.85. The van der Waals surface area contributed by atoms with Crippen molar-refractivity contribution in [1.82, 2.24) is 30.2 Å². The van der Waals surface area contributed by atoms with Gasteiger partial charge in [-0.2, -0.15) is 5.10 Å². The van der Waals surface area contributed by atoms with E-state index in [4.69, 9.17) is 5.84 Å². The van der Waals surface area contributed by atoms with E-state index >= 15 is 0 Å². The van der Waals surface area contributed by atoms with Gasteiger partial charge in [-0.1, -0.05) is 0 Å². The van der Waals surface area contributed by atoms with Crippen molar-refractivity contribution in [3.63, 3.8) is 0 Å². The van der Waals surface area contributed by atoms with Gasteiger partial charge in [0, 0.05) is 18.7 Å². The van der Waals surface area contributed by atoms with Gasteiger partial charge in [0.2, 0.25) is 0 Å². The van der Waals surface area contributed by atoms with E-state index in [0.29, 0.717) is 6.42 Å². The minimum Gasteiger partial charge on any atom is -0.271 e. The first-order valence-electron chi connectivity index (χ1n) is 6.26. The topological polar surface area (TPSA) is 94.5 Å². The van der Waals surface area contributed by atoms with Crippen LogP contribution in [-0.4, -0.2) is 24.7 Å². The largest absolute Gasteiger partial charge is 0.271 e. The van der Waals surface area contributed by atoms with E-state index in [1.165, 1.54) is 0 Å². The Morgan fingerprint density at radius 2 is 2.16 bits per heavy atom. The highest BCUT2D eigenvalue weighted by Gasteiger charge is 2.17. The van der Waals surface area contributed by atoms with Gasteiger partial charge >= 0.3 is 0 Å². The van der Waals surface area contributed by atoms with Crippen molar-refractivity contribution >= 4 is 0 Å². The van der Waals surface area contributed by atoms with Crippen LogP contribution in [-0.2, 0) is 6.42 Å². The maximum Gasteiger partial charge on any atom is 0.138 e. The number of aryl methyl sites for hydroxylation is 1. The van der Waals surface area contributed by atoms with E-state index in [2.05, 4.69) is 39.3 Å². The molecular weight excluding hydrogens is 242 g/mol. The van der Waals surface area contributed by atoms with Crippen molar-refractivity contribution in [2.45, 2.75) is 39.3 Å². The molecule has 2 rings (SSSR count). The molecule has 0 aliphatic carbocycles. The van der Waals surface area contributed by atoms with Crippen LogP contribution in [0.1, 0.15) is 43.3 Å². The summed E-state index contributed by atoms with van der Waals surface area (Å²) in [6, 6.07) is 2.01. The molecule has 3 N–H and O–H groups in total. The molecule has 2 heterocycles. The molecule has 0 spiro atoms. The van der Waals surface area contributed by atoms with Crippen molar-refractivity contribution in [2.24, 2.45) is 5.84 Å². The Morgan fingerprint density at radius 1 is 1.37 bits per heavy atom. The Balaban J connectivity index is 2.22. The quantitative estimate of drug-likeness (QED) is 0.608. The first kappa shape index (κ1) is 13.6. The molecule has 0 aliphatic heterocycles. The normalized spacial score (nSPS) is 12.9. The van der Waals surface area contributed by atoms with E-state index < -0.39 is 0 Å². The molecule has 1 unspecified atom stereocenters. The summed E-state index contributed by atoms with van der Waals surface area (Å²) < 4.78 is 1.89. The van der Waals surface area contributed by atoms with Crippen molar-refractivity contribution in [3.8, 4) is 0 Å². The van der Waals surface area contributed by atoms with Crippen molar-refractivity contribution in [1.29, 1.82) is 0 Å². The summed E-state index contributed by atoms with van der Waals surface area (Å²) in [6.07, 6.45) is 3.93. The molecule has 0 radical (unpaired) electrons. The van der Waals surface area contributed by atoms with Crippen LogP contribution >= 0.6 is 0 Å². The molecule has 0 saturated heterocycles. The Labute approximate surface area is 112 Å². The number of nitrogens with one attached hydrogen (secondary N) is 1. The zero-order valence-electron chi connectivity index (χ0n) is 11.4. The van der Waals surface area contributed by atoms with Crippen LogP contribution in [0.2, 0.25) is 0 Å². The fourth-order valence-corrected chi connectivity index (χ4v) is 1.95. The van der Waals surface area contributed by atoms with Crippen LogP contribution in [0, 0.1) is 6.92 Å². The summed E-state index contributed by atoms with van der Waals surface area (Å²) in [6.45, 7) is 5.99. The Hall–Kier alpha value is -1.86. The standard InChI is InChI=1S/C12H19N7/c1-8(2)19-12(15-7-16-19)6-11(18-13)10-4-5-14-9(3)17-10/h4-5,7-8,11,18H,6,13H2,1-3H3. The maximum absolute atomic E-state index is 5.63. The summed E-state index contributed by atoms with van der Waals surface area (Å²) in [7, 11) is 0. The van der Waals surface area contributed by atoms with Gasteiger partial charge in [0.1, 0.15) is 18.0 Å². The zero-order chi connectivity index (χ0) is 13.8. The summed E-state index contributed by atoms with van der Waals surface area (Å²) in [5, 5.41) is 4.22. The Kier molecular flexibility index (Phi) is 4.18. The number of hydrazine groups is 1. The van der Waals surface area contributed by atoms with Gasteiger partial charge in [0.15, 0.2) is 0 Å². The minimum absolute atomic E-state index is 0.108. The molecular formula is C12H19N7. The second-order valence-corrected chi connectivity index (χ2v) is 4.67. The SMILES string of the molecule is Cc1nccc(C(Cc2ncnn2C(C)C)NN)n1. The van der Waals surface area contributed by atoms with Crippen molar-refractivity contribution < 1.29 is 0 Å². The van der Waals surface area contributed by atoms with E-state index in [1.54, 1.807) is 12.5 Å². The fraction of sp³-hybridized carbons (Fsp3) is 0.500. The fourth-order valence-electron chi connectivity index (χ4n) is 1.95. The molecule has 2 aromatic heterocycles. The minimum atomic E-state index is -0.108. The number of hydrogen-bond donors (Lipinski definition) is 2. The monoisotopic (exact) mass is 261 g/mol. The summed E-state index contributed by atoms with van der Waals surface area (Å²) in [5.41, 5.74) is 3.63. The van der Waals surface area contributed by atoms with Gasteiger partial charge in [-0.25, -0.2) is 19.6 Å². The highest BCUT2D eigenvalue weighted by atomic mass is 15.3. The van der Waals surface area contributed by atoms with Crippen LogP contribution in [0.4, 0.5) is 0 Å². The maximum atomic E-state index is 5.63. The number of hydrogen-bond acceptors (Lipinski definition) is 6. The number of aromatic nitrogens is 5. The lowest BCUT2D eigenvalue weighted by atomic mass is 10.1. The molecule has 1 atom stereocenters. The predicted molar refractivity (Wildman–Crippen MR) is 70.9 cm³/mol. The van der Waals surface area contributed by atoms with Crippen LogP contribution in [0.25, 0.3) is 0 Å². The smallest absolute Gasteiger partial charge is 0.138 e. The lowest BCUT2D eigenvalue weighted by molar-refractivity contribution is 0.463.